The molecule has 3 N–H and O–H groups in total. The third kappa shape index (κ3) is 4.88. The van der Waals surface area contributed by atoms with Crippen LogP contribution in [0.3, 0.4) is 0 Å². The number of hydrogen-bond donors (Lipinski definition) is 2. The van der Waals surface area contributed by atoms with E-state index in [0.29, 0.717) is 29.7 Å². The number of carbonyl (C=O) groups is 1. The molecule has 3 atom stereocenters. The molecule has 1 unspecified atom stereocenters. The minimum absolute atomic E-state index is 0.0424. The highest BCUT2D eigenvalue weighted by Gasteiger charge is 2.48. The van der Waals surface area contributed by atoms with Crippen LogP contribution in [-0.4, -0.2) is 63.9 Å². The Morgan fingerprint density at radius 2 is 2.03 bits per heavy atom. The molecule has 2 aromatic heterocycles. The fraction of sp³-hybridized carbons (Fsp3) is 0.650. The Kier molecular flexibility index (Phi) is 6.20. The summed E-state index contributed by atoms with van der Waals surface area (Å²) < 4.78 is 72.8. The second kappa shape index (κ2) is 8.67. The van der Waals surface area contributed by atoms with Crippen LogP contribution < -0.4 is 11.1 Å². The van der Waals surface area contributed by atoms with Gasteiger partial charge < -0.3 is 20.7 Å². The molecule has 0 spiro atoms. The normalized spacial score (nSPS) is 23.7. The molecule has 1 aliphatic carbocycles. The zero-order chi connectivity index (χ0) is 24.0. The number of fused-ring (bicyclic) bond motifs is 1. The molecular formula is C20H25F5N6O2. The Bertz CT molecular complexity index is 1000. The van der Waals surface area contributed by atoms with E-state index >= 15 is 0 Å². The molecule has 33 heavy (non-hydrogen) atoms. The van der Waals surface area contributed by atoms with Gasteiger partial charge in [0.25, 0.3) is 0 Å². The van der Waals surface area contributed by atoms with Crippen LogP contribution in [0.2, 0.25) is 0 Å². The van der Waals surface area contributed by atoms with Crippen molar-refractivity contribution in [2.45, 2.75) is 55.9 Å². The number of nitrogens with zero attached hydrogens (tertiary/aromatic N) is 4. The van der Waals surface area contributed by atoms with E-state index < -0.39 is 42.8 Å². The Labute approximate surface area is 186 Å². The number of alkyl halides is 5. The standard InChI is InChI=1S/C20H25F5N6O2/c1-33-10-14(30-9-15(20(23,24)25)29-18(30)32)12-6-16-28-13(8-31(16)27-7-12)17(26)11-2-4-19(21,22)5-3-11/h6-8,11,14-15,17H,2-5,9-10,26H2,1H3,(H,29,32)/t14?,15-,17-/m0/s1. The van der Waals surface area contributed by atoms with E-state index in [1.807, 2.05) is 5.32 Å². The molecule has 4 rings (SSSR count). The lowest BCUT2D eigenvalue weighted by Crippen LogP contribution is -2.40. The van der Waals surface area contributed by atoms with Gasteiger partial charge in [0.15, 0.2) is 5.65 Å². The molecule has 2 aromatic rings. The van der Waals surface area contributed by atoms with Crippen molar-refractivity contribution in [3.63, 3.8) is 0 Å². The monoisotopic (exact) mass is 476 g/mol. The topological polar surface area (TPSA) is 97.8 Å². The lowest BCUT2D eigenvalue weighted by Gasteiger charge is -2.31. The van der Waals surface area contributed by atoms with Gasteiger partial charge in [0, 0.05) is 25.5 Å². The van der Waals surface area contributed by atoms with Crippen molar-refractivity contribution in [2.24, 2.45) is 11.7 Å². The maximum atomic E-state index is 13.5. The van der Waals surface area contributed by atoms with E-state index in [0.717, 1.165) is 4.90 Å². The van der Waals surface area contributed by atoms with Gasteiger partial charge in [0.1, 0.15) is 6.04 Å². The average Bonchev–Trinajstić information content (AvgIpc) is 3.34. The first-order valence-corrected chi connectivity index (χ1v) is 10.6. The summed E-state index contributed by atoms with van der Waals surface area (Å²) >= 11 is 0. The number of amides is 2. The molecule has 2 aliphatic rings. The number of urea groups is 1. The summed E-state index contributed by atoms with van der Waals surface area (Å²) in [5.74, 6) is -2.79. The number of nitrogens with one attached hydrogen (secondary N) is 1. The van der Waals surface area contributed by atoms with Crippen molar-refractivity contribution in [3.05, 3.63) is 29.7 Å². The number of imidazole rings is 1. The van der Waals surface area contributed by atoms with Crippen LogP contribution >= 0.6 is 0 Å². The Hall–Kier alpha value is -2.54. The van der Waals surface area contributed by atoms with Crippen molar-refractivity contribution in [1.82, 2.24) is 24.8 Å². The van der Waals surface area contributed by atoms with Crippen LogP contribution in [0.4, 0.5) is 26.7 Å². The minimum atomic E-state index is -4.57. The molecule has 1 aliphatic heterocycles. The van der Waals surface area contributed by atoms with E-state index in [1.165, 1.54) is 17.8 Å². The number of aromatic nitrogens is 3. The van der Waals surface area contributed by atoms with Gasteiger partial charge >= 0.3 is 12.2 Å². The highest BCUT2D eigenvalue weighted by molar-refractivity contribution is 5.77. The summed E-state index contributed by atoms with van der Waals surface area (Å²) in [7, 11) is 1.38. The molecule has 0 radical (unpaired) electrons. The molecule has 0 aromatic carbocycles. The molecule has 13 heteroatoms. The molecule has 2 amide bonds. The van der Waals surface area contributed by atoms with Gasteiger partial charge in [-0.1, -0.05) is 0 Å². The van der Waals surface area contributed by atoms with Gasteiger partial charge in [-0.15, -0.1) is 0 Å². The first kappa shape index (κ1) is 23.6. The van der Waals surface area contributed by atoms with Gasteiger partial charge in [-0.05, 0) is 24.8 Å². The van der Waals surface area contributed by atoms with E-state index in [2.05, 4.69) is 10.1 Å². The van der Waals surface area contributed by atoms with E-state index in [-0.39, 0.29) is 25.4 Å². The minimum Gasteiger partial charge on any atom is -0.382 e. The SMILES string of the molecule is COCC(c1cnn2cc([C@@H](N)C3CCC(F)(F)CC3)nc2c1)N1C[C@@H](C(F)(F)F)NC1=O. The predicted octanol–water partition coefficient (Wildman–Crippen LogP) is 3.20. The number of ether oxygens (including phenoxy) is 1. The lowest BCUT2D eigenvalue weighted by atomic mass is 9.81. The van der Waals surface area contributed by atoms with Crippen molar-refractivity contribution in [1.29, 1.82) is 0 Å². The smallest absolute Gasteiger partial charge is 0.382 e. The largest absolute Gasteiger partial charge is 0.410 e. The summed E-state index contributed by atoms with van der Waals surface area (Å²) in [6, 6.07) is -2.57. The quantitative estimate of drug-likeness (QED) is 0.624. The first-order valence-electron chi connectivity index (χ1n) is 10.6. The van der Waals surface area contributed by atoms with Gasteiger partial charge in [0.2, 0.25) is 5.92 Å². The number of nitrogens with two attached hydrogens (primary N) is 1. The molecule has 2 fully saturated rings. The van der Waals surface area contributed by atoms with Crippen LogP contribution in [0.15, 0.2) is 18.5 Å². The molecule has 1 saturated carbocycles. The molecule has 3 heterocycles. The second-order valence-electron chi connectivity index (χ2n) is 8.64. The van der Waals surface area contributed by atoms with Gasteiger partial charge in [-0.3, -0.25) is 0 Å². The maximum absolute atomic E-state index is 13.5. The summed E-state index contributed by atoms with van der Waals surface area (Å²) in [5.41, 5.74) is 7.63. The van der Waals surface area contributed by atoms with E-state index in [1.54, 1.807) is 12.3 Å². The van der Waals surface area contributed by atoms with Crippen molar-refractivity contribution < 1.29 is 31.5 Å². The fourth-order valence-electron chi connectivity index (χ4n) is 4.45. The maximum Gasteiger partial charge on any atom is 0.410 e. The van der Waals surface area contributed by atoms with Crippen LogP contribution in [-0.2, 0) is 4.74 Å². The number of carbonyl (C=O) groups excluding carboxylic acids is 1. The summed E-state index contributed by atoms with van der Waals surface area (Å²) in [6.07, 6.45) is -1.36. The molecule has 0 bridgehead atoms. The van der Waals surface area contributed by atoms with Crippen LogP contribution in [0.1, 0.15) is 49.0 Å². The Morgan fingerprint density at radius 1 is 1.33 bits per heavy atom. The van der Waals surface area contributed by atoms with E-state index in [4.69, 9.17) is 10.5 Å². The fourth-order valence-corrected chi connectivity index (χ4v) is 4.45. The molecular weight excluding hydrogens is 451 g/mol. The van der Waals surface area contributed by atoms with Crippen molar-refractivity contribution >= 4 is 11.7 Å². The number of halogens is 5. The lowest BCUT2D eigenvalue weighted by molar-refractivity contribution is -0.150. The second-order valence-corrected chi connectivity index (χ2v) is 8.64. The van der Waals surface area contributed by atoms with E-state index in [9.17, 15) is 26.7 Å². The third-order valence-corrected chi connectivity index (χ3v) is 6.39. The molecule has 1 saturated heterocycles. The average molecular weight is 476 g/mol. The molecule has 182 valence electrons. The predicted molar refractivity (Wildman–Crippen MR) is 107 cm³/mol. The Morgan fingerprint density at radius 3 is 2.64 bits per heavy atom. The van der Waals surface area contributed by atoms with Crippen molar-refractivity contribution in [2.75, 3.05) is 20.3 Å². The summed E-state index contributed by atoms with van der Waals surface area (Å²) in [4.78, 5) is 17.8. The van der Waals surface area contributed by atoms with Gasteiger partial charge in [-0.25, -0.2) is 23.1 Å². The molecule has 8 nitrogen and oxygen atoms in total. The van der Waals surface area contributed by atoms with Crippen LogP contribution in [0.5, 0.6) is 0 Å². The highest BCUT2D eigenvalue weighted by atomic mass is 19.4. The number of rotatable bonds is 6. The van der Waals surface area contributed by atoms with Crippen molar-refractivity contribution in [3.8, 4) is 0 Å². The summed E-state index contributed by atoms with van der Waals surface area (Å²) in [5, 5.41) is 6.21. The third-order valence-electron chi connectivity index (χ3n) is 6.39. The number of methoxy groups -OCH3 is 1. The number of hydrogen-bond acceptors (Lipinski definition) is 5. The van der Waals surface area contributed by atoms with Gasteiger partial charge in [-0.2, -0.15) is 18.3 Å². The zero-order valence-corrected chi connectivity index (χ0v) is 17.9. The zero-order valence-electron chi connectivity index (χ0n) is 17.9. The first-order chi connectivity index (χ1) is 15.5. The van der Waals surface area contributed by atoms with Crippen LogP contribution in [0, 0.1) is 5.92 Å². The Balaban J connectivity index is 1.56. The summed E-state index contributed by atoms with van der Waals surface area (Å²) in [6.45, 7) is -0.600. The highest BCUT2D eigenvalue weighted by Crippen LogP contribution is 2.40. The van der Waals surface area contributed by atoms with Gasteiger partial charge in [0.05, 0.1) is 43.3 Å². The van der Waals surface area contributed by atoms with Crippen LogP contribution in [0.25, 0.3) is 5.65 Å².